The van der Waals surface area contributed by atoms with E-state index in [9.17, 15) is 15.0 Å². The molecular formula is C21H19N3O3. The first kappa shape index (κ1) is 18.1. The van der Waals surface area contributed by atoms with Crippen LogP contribution in [-0.2, 0) is 6.42 Å². The van der Waals surface area contributed by atoms with Crippen LogP contribution in [0.2, 0.25) is 0 Å². The molecule has 27 heavy (non-hydrogen) atoms. The first-order valence-electron chi connectivity index (χ1n) is 8.48. The van der Waals surface area contributed by atoms with E-state index in [1.807, 2.05) is 30.3 Å². The minimum Gasteiger partial charge on any atom is -0.504 e. The van der Waals surface area contributed by atoms with Gasteiger partial charge in [-0.25, -0.2) is 0 Å². The summed E-state index contributed by atoms with van der Waals surface area (Å²) in [4.78, 5) is 12.2. The highest BCUT2D eigenvalue weighted by atomic mass is 16.3. The molecule has 0 aliphatic rings. The average molecular weight is 361 g/mol. The largest absolute Gasteiger partial charge is 0.504 e. The van der Waals surface area contributed by atoms with Gasteiger partial charge in [0.15, 0.2) is 11.5 Å². The number of rotatable bonds is 6. The van der Waals surface area contributed by atoms with Gasteiger partial charge in [-0.1, -0.05) is 24.3 Å². The van der Waals surface area contributed by atoms with Crippen LogP contribution in [0.3, 0.4) is 0 Å². The summed E-state index contributed by atoms with van der Waals surface area (Å²) in [6.07, 6.45) is 0.545. The zero-order chi connectivity index (χ0) is 19.1. The van der Waals surface area contributed by atoms with Crippen LogP contribution < -0.4 is 5.32 Å². The Morgan fingerprint density at radius 1 is 0.815 bits per heavy atom. The van der Waals surface area contributed by atoms with Crippen LogP contribution in [0.1, 0.15) is 15.9 Å². The maximum absolute atomic E-state index is 12.2. The smallest absolute Gasteiger partial charge is 0.251 e. The molecule has 1 amide bonds. The van der Waals surface area contributed by atoms with E-state index in [2.05, 4.69) is 15.5 Å². The van der Waals surface area contributed by atoms with E-state index in [0.29, 0.717) is 24.2 Å². The normalized spacial score (nSPS) is 10.8. The molecule has 0 aromatic heterocycles. The van der Waals surface area contributed by atoms with Crippen LogP contribution in [-0.4, -0.2) is 22.7 Å². The molecule has 0 bridgehead atoms. The maximum atomic E-state index is 12.2. The van der Waals surface area contributed by atoms with Gasteiger partial charge in [0.2, 0.25) is 0 Å². The summed E-state index contributed by atoms with van der Waals surface area (Å²) in [5.74, 6) is -0.518. The lowest BCUT2D eigenvalue weighted by atomic mass is 10.1. The number of hydrogen-bond donors (Lipinski definition) is 3. The van der Waals surface area contributed by atoms with Crippen LogP contribution >= 0.6 is 0 Å². The summed E-state index contributed by atoms with van der Waals surface area (Å²) >= 11 is 0. The monoisotopic (exact) mass is 361 g/mol. The predicted octanol–water partition coefficient (Wildman–Crippen LogP) is 4.49. The SMILES string of the molecule is O=C(NCCc1ccc(O)c(O)c1)c1ccc(N=Nc2ccccc2)cc1. The van der Waals surface area contributed by atoms with Crippen molar-refractivity contribution in [2.45, 2.75) is 6.42 Å². The van der Waals surface area contributed by atoms with Crippen molar-refractivity contribution in [1.29, 1.82) is 0 Å². The summed E-state index contributed by atoms with van der Waals surface area (Å²) in [6.45, 7) is 0.415. The third-order valence-corrected chi connectivity index (χ3v) is 3.91. The molecule has 0 fully saturated rings. The molecule has 3 rings (SSSR count). The number of benzene rings is 3. The molecule has 3 N–H and O–H groups in total. The van der Waals surface area contributed by atoms with Crippen molar-refractivity contribution < 1.29 is 15.0 Å². The number of phenolic OH excluding ortho intramolecular Hbond substituents is 2. The number of nitrogens with one attached hydrogen (secondary N) is 1. The Bertz CT molecular complexity index is 939. The zero-order valence-corrected chi connectivity index (χ0v) is 14.5. The van der Waals surface area contributed by atoms with Crippen LogP contribution in [0.5, 0.6) is 11.5 Å². The van der Waals surface area contributed by atoms with Crippen LogP contribution in [0.15, 0.2) is 83.0 Å². The molecule has 6 heteroatoms. The number of azo groups is 1. The molecule has 0 aliphatic carbocycles. The molecule has 3 aromatic rings. The second kappa shape index (κ2) is 8.62. The second-order valence-electron chi connectivity index (χ2n) is 5.91. The molecule has 3 aromatic carbocycles. The van der Waals surface area contributed by atoms with E-state index >= 15 is 0 Å². The van der Waals surface area contributed by atoms with E-state index in [-0.39, 0.29) is 17.4 Å². The minimum atomic E-state index is -0.190. The molecular weight excluding hydrogens is 342 g/mol. The lowest BCUT2D eigenvalue weighted by Gasteiger charge is -2.06. The first-order chi connectivity index (χ1) is 13.1. The van der Waals surface area contributed by atoms with E-state index in [1.54, 1.807) is 30.3 Å². The van der Waals surface area contributed by atoms with Crippen molar-refractivity contribution >= 4 is 17.3 Å². The van der Waals surface area contributed by atoms with Crippen LogP contribution in [0, 0.1) is 0 Å². The Hall–Kier alpha value is -3.67. The van der Waals surface area contributed by atoms with E-state index in [1.165, 1.54) is 12.1 Å². The van der Waals surface area contributed by atoms with Gasteiger partial charge < -0.3 is 15.5 Å². The molecule has 0 saturated carbocycles. The van der Waals surface area contributed by atoms with Crippen LogP contribution in [0.4, 0.5) is 11.4 Å². The summed E-state index contributed by atoms with van der Waals surface area (Å²) in [5, 5.41) is 29.9. The standard InChI is InChI=1S/C21H19N3O3/c25-19-11-6-15(14-20(19)26)12-13-22-21(27)16-7-9-18(10-8-16)24-23-17-4-2-1-3-5-17/h1-11,14,25-26H,12-13H2,(H,22,27). The minimum absolute atomic E-state index is 0.160. The zero-order valence-electron chi connectivity index (χ0n) is 14.5. The summed E-state index contributed by atoms with van der Waals surface area (Å²) in [7, 11) is 0. The molecule has 136 valence electrons. The molecule has 0 spiro atoms. The van der Waals surface area contributed by atoms with Crippen molar-refractivity contribution in [1.82, 2.24) is 5.32 Å². The van der Waals surface area contributed by atoms with Gasteiger partial charge in [0.25, 0.3) is 5.91 Å². The molecule has 0 aliphatic heterocycles. The van der Waals surface area contributed by atoms with Gasteiger partial charge in [0.1, 0.15) is 0 Å². The Labute approximate surface area is 156 Å². The van der Waals surface area contributed by atoms with Crippen molar-refractivity contribution in [2.24, 2.45) is 10.2 Å². The molecule has 6 nitrogen and oxygen atoms in total. The fraction of sp³-hybridized carbons (Fsp3) is 0.0952. The topological polar surface area (TPSA) is 94.3 Å². The molecule has 0 atom stereocenters. The third kappa shape index (κ3) is 5.15. The number of aromatic hydroxyl groups is 2. The van der Waals surface area contributed by atoms with E-state index in [4.69, 9.17) is 0 Å². The fourth-order valence-electron chi connectivity index (χ4n) is 2.44. The third-order valence-electron chi connectivity index (χ3n) is 3.91. The number of carbonyl (C=O) groups is 1. The number of hydrogen-bond acceptors (Lipinski definition) is 5. The van der Waals surface area contributed by atoms with Crippen molar-refractivity contribution in [3.05, 3.63) is 83.9 Å². The maximum Gasteiger partial charge on any atom is 0.251 e. The first-order valence-corrected chi connectivity index (χ1v) is 8.48. The lowest BCUT2D eigenvalue weighted by Crippen LogP contribution is -2.25. The predicted molar refractivity (Wildman–Crippen MR) is 103 cm³/mol. The van der Waals surface area contributed by atoms with Gasteiger partial charge in [-0.05, 0) is 60.5 Å². The second-order valence-corrected chi connectivity index (χ2v) is 5.91. The van der Waals surface area contributed by atoms with E-state index in [0.717, 1.165) is 11.3 Å². The number of carbonyl (C=O) groups excluding carboxylic acids is 1. The van der Waals surface area contributed by atoms with E-state index < -0.39 is 0 Å². The summed E-state index contributed by atoms with van der Waals surface area (Å²) < 4.78 is 0. The fourth-order valence-corrected chi connectivity index (χ4v) is 2.44. The number of amides is 1. The lowest BCUT2D eigenvalue weighted by molar-refractivity contribution is 0.0954. The van der Waals surface area contributed by atoms with Gasteiger partial charge in [-0.2, -0.15) is 10.2 Å². The number of phenols is 2. The quantitative estimate of drug-likeness (QED) is 0.446. The van der Waals surface area contributed by atoms with Crippen molar-refractivity contribution in [3.8, 4) is 11.5 Å². The average Bonchev–Trinajstić information content (AvgIpc) is 2.70. The summed E-state index contributed by atoms with van der Waals surface area (Å²) in [5.41, 5.74) is 2.78. The Balaban J connectivity index is 1.52. The van der Waals surface area contributed by atoms with Gasteiger partial charge in [0, 0.05) is 12.1 Å². The van der Waals surface area contributed by atoms with Crippen molar-refractivity contribution in [2.75, 3.05) is 6.54 Å². The van der Waals surface area contributed by atoms with Gasteiger partial charge in [-0.3, -0.25) is 4.79 Å². The Kier molecular flexibility index (Phi) is 5.79. The van der Waals surface area contributed by atoms with Crippen molar-refractivity contribution in [3.63, 3.8) is 0 Å². The summed E-state index contributed by atoms with van der Waals surface area (Å²) in [6, 6.07) is 20.9. The highest BCUT2D eigenvalue weighted by molar-refractivity contribution is 5.94. The Morgan fingerprint density at radius 2 is 1.48 bits per heavy atom. The van der Waals surface area contributed by atoms with Gasteiger partial charge in [0.05, 0.1) is 11.4 Å². The highest BCUT2D eigenvalue weighted by Crippen LogP contribution is 2.25. The molecule has 0 radical (unpaired) electrons. The molecule has 0 unspecified atom stereocenters. The molecule has 0 heterocycles. The van der Waals surface area contributed by atoms with Crippen LogP contribution in [0.25, 0.3) is 0 Å². The number of nitrogens with zero attached hydrogens (tertiary/aromatic N) is 2. The Morgan fingerprint density at radius 3 is 2.15 bits per heavy atom. The van der Waals surface area contributed by atoms with Gasteiger partial charge >= 0.3 is 0 Å². The highest BCUT2D eigenvalue weighted by Gasteiger charge is 2.06. The molecule has 0 saturated heterocycles. The van der Waals surface area contributed by atoms with Gasteiger partial charge in [-0.15, -0.1) is 0 Å².